The van der Waals surface area contributed by atoms with Crippen LogP contribution in [0.5, 0.6) is 0 Å². The molecule has 0 fully saturated rings. The van der Waals surface area contributed by atoms with Gasteiger partial charge in [-0.25, -0.2) is 9.55 Å². The third-order valence-corrected chi connectivity index (χ3v) is 9.26. The fourth-order valence-corrected chi connectivity index (χ4v) is 6.37. The second-order valence-corrected chi connectivity index (χ2v) is 13.4. The lowest BCUT2D eigenvalue weighted by Gasteiger charge is -2.47. The number of pyridine rings is 1. The molecule has 35 heavy (non-hydrogen) atoms. The fraction of sp³-hybridized carbons (Fsp3) is 0.581. The monoisotopic (exact) mass is 471 g/mol. The van der Waals surface area contributed by atoms with Gasteiger partial charge in [0.1, 0.15) is 10.9 Å². The van der Waals surface area contributed by atoms with Gasteiger partial charge in [-0.05, 0) is 68.5 Å². The highest BCUT2D eigenvalue weighted by molar-refractivity contribution is 5.96. The fourth-order valence-electron chi connectivity index (χ4n) is 6.37. The van der Waals surface area contributed by atoms with Gasteiger partial charge in [0.05, 0.1) is 0 Å². The molecule has 2 atom stereocenters. The Balaban J connectivity index is 2.20. The van der Waals surface area contributed by atoms with E-state index in [1.54, 1.807) is 0 Å². The molecule has 5 rings (SSSR count). The van der Waals surface area contributed by atoms with Gasteiger partial charge in [-0.3, -0.25) is 0 Å². The topological polar surface area (TPSA) is 34.1 Å². The van der Waals surface area contributed by atoms with Crippen LogP contribution in [-0.2, 0) is 21.8 Å². The first kappa shape index (κ1) is 24.2. The van der Waals surface area contributed by atoms with Crippen LogP contribution in [-0.4, -0.2) is 14.4 Å². The summed E-state index contributed by atoms with van der Waals surface area (Å²) in [6.45, 7) is 27.7. The highest BCUT2D eigenvalue weighted by Gasteiger charge is 2.56. The van der Waals surface area contributed by atoms with Crippen molar-refractivity contribution in [3.63, 3.8) is 0 Å². The number of imidazole rings is 1. The molecule has 1 aliphatic rings. The van der Waals surface area contributed by atoms with Crippen LogP contribution in [0.4, 0.5) is 0 Å². The molecule has 3 aromatic heterocycles. The molecule has 4 aromatic rings. The zero-order chi connectivity index (χ0) is 25.9. The van der Waals surface area contributed by atoms with Gasteiger partial charge in [0, 0.05) is 21.9 Å². The summed E-state index contributed by atoms with van der Waals surface area (Å²) in [5, 5.41) is 1.23. The van der Waals surface area contributed by atoms with E-state index in [1.165, 1.54) is 38.8 Å². The first-order valence-electron chi connectivity index (χ1n) is 13.3. The van der Waals surface area contributed by atoms with Gasteiger partial charge in [-0.1, -0.05) is 62.3 Å². The molecule has 0 N–H and O–H groups in total. The maximum Gasteiger partial charge on any atom is 0.300 e. The largest absolute Gasteiger partial charge is 0.300 e. The average molecular weight is 472 g/mol. The molecule has 2 unspecified atom stereocenters. The Morgan fingerprint density at radius 2 is 1.49 bits per heavy atom. The molecule has 0 bridgehead atoms. The van der Waals surface area contributed by atoms with Gasteiger partial charge in [-0.15, -0.1) is 0 Å². The van der Waals surface area contributed by atoms with Crippen molar-refractivity contribution in [1.29, 1.82) is 0 Å². The van der Waals surface area contributed by atoms with E-state index >= 15 is 0 Å². The molecule has 0 saturated carbocycles. The van der Waals surface area contributed by atoms with Gasteiger partial charge in [0.15, 0.2) is 16.7 Å². The second kappa shape index (κ2) is 7.05. The molecule has 4 heteroatoms. The average Bonchev–Trinajstić information content (AvgIpc) is 3.09. The molecular weight excluding hydrogens is 428 g/mol. The summed E-state index contributed by atoms with van der Waals surface area (Å²) in [5.41, 5.74) is 9.59. The van der Waals surface area contributed by atoms with Crippen LogP contribution in [0.2, 0.25) is 0 Å². The minimum Gasteiger partial charge on any atom is -0.232 e. The first-order chi connectivity index (χ1) is 16.1. The Morgan fingerprint density at radius 1 is 0.857 bits per heavy atom. The summed E-state index contributed by atoms with van der Waals surface area (Å²) < 4.78 is 5.14. The Bertz CT molecular complexity index is 1530. The van der Waals surface area contributed by atoms with Crippen molar-refractivity contribution in [3.05, 3.63) is 46.4 Å². The van der Waals surface area contributed by atoms with Gasteiger partial charge in [0.25, 0.3) is 0 Å². The molecule has 0 aliphatic carbocycles. The third kappa shape index (κ3) is 2.95. The Labute approximate surface area is 210 Å². The van der Waals surface area contributed by atoms with Crippen molar-refractivity contribution in [2.45, 2.75) is 118 Å². The number of nitrogens with zero attached hydrogens (tertiary/aromatic N) is 4. The lowest BCUT2D eigenvalue weighted by atomic mass is 9.62. The number of hydrogen-bond donors (Lipinski definition) is 0. The van der Waals surface area contributed by atoms with Gasteiger partial charge in [0.2, 0.25) is 5.82 Å². The molecule has 0 spiro atoms. The Hall–Kier alpha value is -2.49. The van der Waals surface area contributed by atoms with E-state index in [4.69, 9.17) is 9.97 Å². The molecule has 0 radical (unpaired) electrons. The molecule has 1 aliphatic heterocycles. The summed E-state index contributed by atoms with van der Waals surface area (Å²) in [5.74, 6) is 1.08. The summed E-state index contributed by atoms with van der Waals surface area (Å²) in [4.78, 5) is 10.6. The van der Waals surface area contributed by atoms with Gasteiger partial charge < -0.3 is 0 Å². The Morgan fingerprint density at radius 3 is 2.03 bits per heavy atom. The van der Waals surface area contributed by atoms with E-state index in [0.717, 1.165) is 30.0 Å². The highest BCUT2D eigenvalue weighted by atomic mass is 15.2. The number of benzene rings is 1. The molecule has 186 valence electrons. The van der Waals surface area contributed by atoms with Crippen LogP contribution < -0.4 is 4.57 Å². The SMILES string of the molecule is CCC1(C)c2cc(C(C)(C)C)nc3nc(C(C)(C)C)n4c5cc(C)c(C)cc5[n+](c4c23)C1(C)CC. The quantitative estimate of drug-likeness (QED) is 0.287. The minimum absolute atomic E-state index is 0.0496. The zero-order valence-electron chi connectivity index (χ0n) is 23.9. The van der Waals surface area contributed by atoms with E-state index in [9.17, 15) is 0 Å². The van der Waals surface area contributed by atoms with Crippen molar-refractivity contribution in [2.24, 2.45) is 0 Å². The molecule has 0 amide bonds. The van der Waals surface area contributed by atoms with Crippen molar-refractivity contribution in [2.75, 3.05) is 0 Å². The highest BCUT2D eigenvalue weighted by Crippen LogP contribution is 2.50. The number of aromatic nitrogens is 4. The standard InChI is InChI=1S/C31H43N4/c1-13-30(11)20-17-23(28(5,6)7)32-25-24(20)26-34(27(33-25)29(8,9)10)21-15-18(3)19(4)16-22(21)35(26)31(30,12)14-2/h15-17H,13-14H2,1-12H3/q+1. The lowest BCUT2D eigenvalue weighted by Crippen LogP contribution is -2.66. The number of fused-ring (bicyclic) bond motifs is 3. The van der Waals surface area contributed by atoms with Crippen LogP contribution >= 0.6 is 0 Å². The lowest BCUT2D eigenvalue weighted by molar-refractivity contribution is -0.728. The van der Waals surface area contributed by atoms with E-state index < -0.39 is 0 Å². The normalized spacial score (nSPS) is 22.7. The van der Waals surface area contributed by atoms with Crippen LogP contribution in [0.25, 0.3) is 27.7 Å². The summed E-state index contributed by atoms with van der Waals surface area (Å²) in [6.07, 6.45) is 2.10. The number of rotatable bonds is 2. The maximum absolute atomic E-state index is 5.37. The van der Waals surface area contributed by atoms with Crippen molar-refractivity contribution < 1.29 is 4.57 Å². The van der Waals surface area contributed by atoms with Crippen LogP contribution in [0.3, 0.4) is 0 Å². The molecule has 4 heterocycles. The minimum atomic E-state index is -0.134. The molecule has 4 nitrogen and oxygen atoms in total. The molecule has 0 saturated heterocycles. The van der Waals surface area contributed by atoms with E-state index in [0.29, 0.717) is 0 Å². The van der Waals surface area contributed by atoms with E-state index in [1.807, 2.05) is 0 Å². The van der Waals surface area contributed by atoms with Crippen molar-refractivity contribution in [1.82, 2.24) is 14.4 Å². The summed E-state index contributed by atoms with van der Waals surface area (Å²) in [6, 6.07) is 7.19. The third-order valence-electron chi connectivity index (χ3n) is 9.26. The predicted molar refractivity (Wildman–Crippen MR) is 147 cm³/mol. The van der Waals surface area contributed by atoms with Crippen LogP contribution in [0, 0.1) is 13.8 Å². The smallest absolute Gasteiger partial charge is 0.232 e. The molecular formula is C31H43N4+. The van der Waals surface area contributed by atoms with E-state index in [-0.39, 0.29) is 21.8 Å². The van der Waals surface area contributed by atoms with Gasteiger partial charge >= 0.3 is 5.65 Å². The van der Waals surface area contributed by atoms with Crippen molar-refractivity contribution >= 4 is 27.7 Å². The molecule has 1 aromatic carbocycles. The Kier molecular flexibility index (Phi) is 4.88. The van der Waals surface area contributed by atoms with Crippen LogP contribution in [0.15, 0.2) is 18.2 Å². The van der Waals surface area contributed by atoms with Crippen molar-refractivity contribution in [3.8, 4) is 0 Å². The maximum atomic E-state index is 5.37. The number of aryl methyl sites for hydroxylation is 2. The number of hydrogen-bond acceptors (Lipinski definition) is 2. The first-order valence-corrected chi connectivity index (χ1v) is 13.3. The zero-order valence-corrected chi connectivity index (χ0v) is 23.9. The summed E-state index contributed by atoms with van der Waals surface area (Å²) >= 11 is 0. The second-order valence-electron chi connectivity index (χ2n) is 13.4. The van der Waals surface area contributed by atoms with Crippen LogP contribution in [0.1, 0.15) is 110 Å². The van der Waals surface area contributed by atoms with Gasteiger partial charge in [-0.2, -0.15) is 9.38 Å². The predicted octanol–water partition coefficient (Wildman–Crippen LogP) is 7.34. The van der Waals surface area contributed by atoms with E-state index in [2.05, 4.69) is 110 Å². The summed E-state index contributed by atoms with van der Waals surface area (Å²) in [7, 11) is 0.